The summed E-state index contributed by atoms with van der Waals surface area (Å²) in [5, 5.41) is 3.66. The smallest absolute Gasteiger partial charge is 0.0483 e. The highest BCUT2D eigenvalue weighted by molar-refractivity contribution is 6.20. The molecule has 0 radical (unpaired) electrons. The summed E-state index contributed by atoms with van der Waals surface area (Å²) in [5.41, 5.74) is 5.47. The molecule has 0 aliphatic rings. The number of rotatable bonds is 5. The van der Waals surface area contributed by atoms with Crippen LogP contribution in [0.25, 0.3) is 0 Å². The van der Waals surface area contributed by atoms with Crippen molar-refractivity contribution < 1.29 is 0 Å². The van der Waals surface area contributed by atoms with Crippen LogP contribution in [0, 0.1) is 26.7 Å². The largest absolute Gasteiger partial charge is 0.311 e. The van der Waals surface area contributed by atoms with Crippen molar-refractivity contribution in [3.05, 3.63) is 34.4 Å². The molecule has 1 unspecified atom stereocenters. The van der Waals surface area contributed by atoms with Crippen LogP contribution in [0.2, 0.25) is 0 Å². The normalized spacial score (nSPS) is 13.1. The minimum Gasteiger partial charge on any atom is -0.311 e. The van der Waals surface area contributed by atoms with Gasteiger partial charge in [0.1, 0.15) is 0 Å². The molecule has 1 N–H and O–H groups in total. The van der Waals surface area contributed by atoms with Gasteiger partial charge in [-0.05, 0) is 43.4 Å². The second kappa shape index (κ2) is 6.42. The second-order valence-electron chi connectivity index (χ2n) is 5.27. The lowest BCUT2D eigenvalue weighted by atomic mass is 10.00. The van der Waals surface area contributed by atoms with Gasteiger partial charge in [0.2, 0.25) is 0 Å². The monoisotopic (exact) mass is 253 g/mol. The van der Waals surface area contributed by atoms with E-state index >= 15 is 0 Å². The first-order chi connectivity index (χ1) is 7.91. The van der Waals surface area contributed by atoms with Gasteiger partial charge in [-0.2, -0.15) is 0 Å². The first-order valence-corrected chi connectivity index (χ1v) is 6.77. The summed E-state index contributed by atoms with van der Waals surface area (Å²) in [5.74, 6) is 0.518. The predicted octanol–water partition coefficient (Wildman–Crippen LogP) is 3.96. The van der Waals surface area contributed by atoms with Gasteiger partial charge in [0.05, 0.1) is 0 Å². The number of aryl methyl sites for hydroxylation is 3. The highest BCUT2D eigenvalue weighted by atomic mass is 35.5. The molecule has 0 amide bonds. The Balaban J connectivity index is 2.58. The summed E-state index contributed by atoms with van der Waals surface area (Å²) in [6.07, 6.45) is 0. The Bertz CT molecular complexity index is 348. The summed E-state index contributed by atoms with van der Waals surface area (Å²) >= 11 is 6.22. The molecule has 1 aromatic carbocycles. The molecular weight excluding hydrogens is 230 g/mol. The van der Waals surface area contributed by atoms with Gasteiger partial charge in [-0.1, -0.05) is 31.5 Å². The van der Waals surface area contributed by atoms with E-state index in [2.05, 4.69) is 52.1 Å². The molecule has 0 aliphatic heterocycles. The van der Waals surface area contributed by atoms with E-state index in [-0.39, 0.29) is 5.38 Å². The molecule has 0 saturated carbocycles. The molecule has 0 aromatic heterocycles. The fraction of sp³-hybridized carbons (Fsp3) is 0.600. The summed E-state index contributed by atoms with van der Waals surface area (Å²) in [4.78, 5) is 0. The molecule has 0 bridgehead atoms. The maximum atomic E-state index is 6.22. The molecule has 1 aromatic rings. The number of benzene rings is 1. The molecule has 96 valence electrons. The number of nitrogens with one attached hydrogen (secondary N) is 1. The summed E-state index contributed by atoms with van der Waals surface area (Å²) in [7, 11) is 0. The highest BCUT2D eigenvalue weighted by Crippen LogP contribution is 2.16. The fourth-order valence-electron chi connectivity index (χ4n) is 2.06. The Hall–Kier alpha value is -0.530. The van der Waals surface area contributed by atoms with E-state index in [0.29, 0.717) is 5.92 Å². The summed E-state index contributed by atoms with van der Waals surface area (Å²) in [6, 6.07) is 4.48. The first kappa shape index (κ1) is 14.5. The molecule has 17 heavy (non-hydrogen) atoms. The fourth-order valence-corrected chi connectivity index (χ4v) is 2.17. The van der Waals surface area contributed by atoms with E-state index in [4.69, 9.17) is 11.6 Å². The average Bonchev–Trinajstić information content (AvgIpc) is 2.21. The van der Waals surface area contributed by atoms with E-state index in [1.54, 1.807) is 0 Å². The van der Waals surface area contributed by atoms with Gasteiger partial charge in [0, 0.05) is 18.5 Å². The molecule has 0 heterocycles. The van der Waals surface area contributed by atoms with Gasteiger partial charge in [-0.25, -0.2) is 0 Å². The molecule has 2 heteroatoms. The first-order valence-electron chi connectivity index (χ1n) is 6.33. The lowest BCUT2D eigenvalue weighted by Crippen LogP contribution is -2.26. The van der Waals surface area contributed by atoms with Crippen molar-refractivity contribution in [2.75, 3.05) is 6.54 Å². The average molecular weight is 254 g/mol. The molecule has 1 nitrogen and oxygen atoms in total. The maximum Gasteiger partial charge on any atom is 0.0483 e. The van der Waals surface area contributed by atoms with Gasteiger partial charge in [0.15, 0.2) is 0 Å². The third kappa shape index (κ3) is 4.33. The number of hydrogen-bond acceptors (Lipinski definition) is 1. The predicted molar refractivity (Wildman–Crippen MR) is 76.8 cm³/mol. The van der Waals surface area contributed by atoms with Gasteiger partial charge < -0.3 is 5.32 Å². The van der Waals surface area contributed by atoms with Crippen molar-refractivity contribution in [1.29, 1.82) is 0 Å². The molecule has 0 saturated heterocycles. The van der Waals surface area contributed by atoms with Crippen molar-refractivity contribution in [3.8, 4) is 0 Å². The van der Waals surface area contributed by atoms with Crippen LogP contribution >= 0.6 is 11.6 Å². The second-order valence-corrected chi connectivity index (χ2v) is 5.83. The zero-order chi connectivity index (χ0) is 13.0. The van der Waals surface area contributed by atoms with Crippen molar-refractivity contribution in [1.82, 2.24) is 5.32 Å². The third-order valence-corrected chi connectivity index (χ3v) is 3.86. The van der Waals surface area contributed by atoms with Crippen LogP contribution in [0.5, 0.6) is 0 Å². The van der Waals surface area contributed by atoms with Crippen LogP contribution in [-0.2, 0) is 6.54 Å². The Morgan fingerprint density at radius 1 is 1.12 bits per heavy atom. The Labute approximate surface area is 111 Å². The number of halogens is 1. The van der Waals surface area contributed by atoms with Gasteiger partial charge >= 0.3 is 0 Å². The zero-order valence-electron chi connectivity index (χ0n) is 11.6. The molecule has 1 rings (SSSR count). The van der Waals surface area contributed by atoms with E-state index in [0.717, 1.165) is 13.1 Å². The van der Waals surface area contributed by atoms with Crippen LogP contribution in [0.1, 0.15) is 36.1 Å². The lowest BCUT2D eigenvalue weighted by Gasteiger charge is -2.16. The van der Waals surface area contributed by atoms with E-state index in [1.807, 2.05) is 0 Å². The highest BCUT2D eigenvalue weighted by Gasteiger charge is 2.09. The SMILES string of the molecule is Cc1cc(C)c(CNCC(Cl)C(C)C)c(C)c1. The summed E-state index contributed by atoms with van der Waals surface area (Å²) in [6.45, 7) is 12.6. The van der Waals surface area contributed by atoms with Gasteiger partial charge in [-0.3, -0.25) is 0 Å². The van der Waals surface area contributed by atoms with Crippen LogP contribution < -0.4 is 5.32 Å². The Morgan fingerprint density at radius 2 is 1.65 bits per heavy atom. The molecular formula is C15H24ClN. The standard InChI is InChI=1S/C15H24ClN/c1-10(2)15(16)9-17-8-14-12(4)6-11(3)7-13(14)5/h6-7,10,15,17H,8-9H2,1-5H3. The quantitative estimate of drug-likeness (QED) is 0.784. The van der Waals surface area contributed by atoms with Gasteiger partial charge in [0.25, 0.3) is 0 Å². The van der Waals surface area contributed by atoms with Crippen molar-refractivity contribution in [2.24, 2.45) is 5.92 Å². The van der Waals surface area contributed by atoms with Crippen molar-refractivity contribution >= 4 is 11.6 Å². The van der Waals surface area contributed by atoms with Crippen molar-refractivity contribution in [2.45, 2.75) is 46.5 Å². The summed E-state index contributed by atoms with van der Waals surface area (Å²) < 4.78 is 0. The maximum absolute atomic E-state index is 6.22. The van der Waals surface area contributed by atoms with Crippen LogP contribution in [0.3, 0.4) is 0 Å². The molecule has 0 aliphatic carbocycles. The van der Waals surface area contributed by atoms with E-state index in [9.17, 15) is 0 Å². The van der Waals surface area contributed by atoms with Crippen molar-refractivity contribution in [3.63, 3.8) is 0 Å². The number of hydrogen-bond donors (Lipinski definition) is 1. The van der Waals surface area contributed by atoms with E-state index in [1.165, 1.54) is 22.3 Å². The van der Waals surface area contributed by atoms with E-state index < -0.39 is 0 Å². The van der Waals surface area contributed by atoms with Gasteiger partial charge in [-0.15, -0.1) is 11.6 Å². The Morgan fingerprint density at radius 3 is 2.12 bits per heavy atom. The minimum absolute atomic E-state index is 0.209. The third-order valence-electron chi connectivity index (χ3n) is 3.20. The van der Waals surface area contributed by atoms with Crippen LogP contribution in [-0.4, -0.2) is 11.9 Å². The lowest BCUT2D eigenvalue weighted by molar-refractivity contribution is 0.545. The topological polar surface area (TPSA) is 12.0 Å². The van der Waals surface area contributed by atoms with Crippen LogP contribution in [0.4, 0.5) is 0 Å². The Kier molecular flexibility index (Phi) is 5.48. The molecule has 1 atom stereocenters. The zero-order valence-corrected chi connectivity index (χ0v) is 12.4. The molecule has 0 fully saturated rings. The minimum atomic E-state index is 0.209. The van der Waals surface area contributed by atoms with Crippen LogP contribution in [0.15, 0.2) is 12.1 Å². The molecule has 0 spiro atoms. The number of alkyl halides is 1.